The molecule has 1 fully saturated rings. The van der Waals surface area contributed by atoms with Crippen LogP contribution in [-0.2, 0) is 11.2 Å². The molecule has 0 N–H and O–H groups in total. The number of ether oxygens (including phenoxy) is 2. The summed E-state index contributed by atoms with van der Waals surface area (Å²) in [7, 11) is 1.69. The Bertz CT molecular complexity index is 665. The van der Waals surface area contributed by atoms with Gasteiger partial charge in [-0.25, -0.2) is 4.39 Å². The smallest absolute Gasteiger partial charge is 0.174 e. The zero-order valence-corrected chi connectivity index (χ0v) is 16.5. The predicted molar refractivity (Wildman–Crippen MR) is 110 cm³/mol. The Morgan fingerprint density at radius 2 is 2.15 bits per heavy atom. The van der Waals surface area contributed by atoms with Gasteiger partial charge in [-0.2, -0.15) is 0 Å². The Morgan fingerprint density at radius 1 is 1.37 bits per heavy atom. The number of hydrogen-bond donors (Lipinski definition) is 0. The molecule has 0 atom stereocenters. The number of rotatable bonds is 10. The van der Waals surface area contributed by atoms with E-state index in [-0.39, 0.29) is 5.82 Å². The molecule has 27 heavy (non-hydrogen) atoms. The highest BCUT2D eigenvalue weighted by molar-refractivity contribution is 6.08. The summed E-state index contributed by atoms with van der Waals surface area (Å²) < 4.78 is 26.8. The minimum atomic E-state index is -0.333. The lowest BCUT2D eigenvalue weighted by atomic mass is 9.99. The van der Waals surface area contributed by atoms with Gasteiger partial charge in [0.15, 0.2) is 11.6 Å². The third-order valence-corrected chi connectivity index (χ3v) is 4.81. The molecule has 148 valence electrons. The Balaban J connectivity index is 2.30. The first-order valence-electron chi connectivity index (χ1n) is 9.81. The van der Waals surface area contributed by atoms with Crippen LogP contribution < -0.4 is 4.74 Å². The monoisotopic (exact) mass is 374 g/mol. The quantitative estimate of drug-likeness (QED) is 0.541. The van der Waals surface area contributed by atoms with Gasteiger partial charge in [0.25, 0.3) is 0 Å². The molecule has 0 amide bonds. The number of nitrogens with zero attached hydrogens (tertiary/aromatic N) is 2. The van der Waals surface area contributed by atoms with E-state index in [2.05, 4.69) is 23.5 Å². The van der Waals surface area contributed by atoms with Crippen molar-refractivity contribution in [1.29, 1.82) is 0 Å². The Hall–Kier alpha value is -2.01. The largest absolute Gasteiger partial charge is 0.490 e. The lowest BCUT2D eigenvalue weighted by molar-refractivity contribution is 0.0490. The molecule has 0 radical (unpaired) electrons. The van der Waals surface area contributed by atoms with E-state index in [1.807, 2.05) is 6.07 Å². The average Bonchev–Trinajstić information content (AvgIpc) is 2.70. The van der Waals surface area contributed by atoms with Gasteiger partial charge >= 0.3 is 0 Å². The summed E-state index contributed by atoms with van der Waals surface area (Å²) in [5.74, 6) is 0.452. The topological polar surface area (TPSA) is 43.2 Å². The van der Waals surface area contributed by atoms with E-state index in [9.17, 15) is 0 Å². The maximum Gasteiger partial charge on any atom is 0.174 e. The van der Waals surface area contributed by atoms with Crippen LogP contribution in [0.15, 0.2) is 34.9 Å². The predicted octanol–water partition coefficient (Wildman–Crippen LogP) is 5.00. The van der Waals surface area contributed by atoms with Crippen LogP contribution in [0.2, 0.25) is 0 Å². The fraction of sp³-hybridized carbons (Fsp3) is 0.545. The highest BCUT2D eigenvalue weighted by Crippen LogP contribution is 2.30. The summed E-state index contributed by atoms with van der Waals surface area (Å²) in [5, 5.41) is 0. The fourth-order valence-corrected chi connectivity index (χ4v) is 3.17. The standard InChI is InChI=1S/C22H31FN2O2/c1-4-6-7-18-8-9-19(20(25-5-2)10-13-24-3)21(23)22(18)27-16-17-11-14-26-15-12-17/h5,8-9,13,17H,2,4,6-7,10-12,14-16H2,1,3H3/b24-13-,25-20+. The second-order valence-electron chi connectivity index (χ2n) is 6.79. The van der Waals surface area contributed by atoms with Crippen LogP contribution in [0.5, 0.6) is 5.75 Å². The van der Waals surface area contributed by atoms with E-state index in [4.69, 9.17) is 9.47 Å². The van der Waals surface area contributed by atoms with Crippen LogP contribution in [-0.4, -0.2) is 38.8 Å². The van der Waals surface area contributed by atoms with Gasteiger partial charge in [-0.1, -0.05) is 26.0 Å². The molecule has 1 aromatic carbocycles. The molecule has 4 nitrogen and oxygen atoms in total. The molecule has 0 saturated carbocycles. The molecule has 0 spiro atoms. The summed E-state index contributed by atoms with van der Waals surface area (Å²) in [5.41, 5.74) is 1.98. The number of aryl methyl sites for hydroxylation is 1. The normalized spacial score (nSPS) is 16.0. The number of halogens is 1. The number of hydrogen-bond acceptors (Lipinski definition) is 4. The molecule has 2 rings (SSSR count). The molecule has 1 aromatic rings. The maximum atomic E-state index is 15.4. The molecule has 5 heteroatoms. The van der Waals surface area contributed by atoms with Crippen LogP contribution in [0.4, 0.5) is 4.39 Å². The molecular weight excluding hydrogens is 343 g/mol. The molecule has 0 aliphatic carbocycles. The number of aliphatic imine (C=N–C) groups is 2. The summed E-state index contributed by atoms with van der Waals surface area (Å²) in [6, 6.07) is 3.77. The molecule has 1 aliphatic heterocycles. The number of unbranched alkanes of at least 4 members (excludes halogenated alkanes) is 1. The average molecular weight is 375 g/mol. The lowest BCUT2D eigenvalue weighted by Crippen LogP contribution is -2.22. The van der Waals surface area contributed by atoms with Crippen molar-refractivity contribution in [2.75, 3.05) is 26.9 Å². The molecular formula is C22H31FN2O2. The van der Waals surface area contributed by atoms with Crippen molar-refractivity contribution in [2.24, 2.45) is 15.9 Å². The highest BCUT2D eigenvalue weighted by Gasteiger charge is 2.20. The first kappa shape index (κ1) is 21.3. The van der Waals surface area contributed by atoms with Gasteiger partial charge in [-0.3, -0.25) is 4.99 Å². The molecule has 0 bridgehead atoms. The Labute approximate surface area is 162 Å². The Morgan fingerprint density at radius 3 is 2.81 bits per heavy atom. The maximum absolute atomic E-state index is 15.4. The van der Waals surface area contributed by atoms with E-state index in [1.165, 1.54) is 6.20 Å². The molecule has 0 aromatic heterocycles. The molecule has 1 aliphatic rings. The summed E-state index contributed by atoms with van der Waals surface area (Å²) in [6.45, 7) is 7.81. The van der Waals surface area contributed by atoms with E-state index < -0.39 is 0 Å². The van der Waals surface area contributed by atoms with Crippen LogP contribution in [0.25, 0.3) is 0 Å². The van der Waals surface area contributed by atoms with E-state index in [0.29, 0.717) is 36.0 Å². The zero-order valence-electron chi connectivity index (χ0n) is 16.5. The van der Waals surface area contributed by atoms with Gasteiger partial charge in [0.05, 0.1) is 12.3 Å². The lowest BCUT2D eigenvalue weighted by Gasteiger charge is -2.23. The van der Waals surface area contributed by atoms with Crippen molar-refractivity contribution in [3.8, 4) is 5.75 Å². The molecule has 1 heterocycles. The third-order valence-electron chi connectivity index (χ3n) is 4.81. The van der Waals surface area contributed by atoms with Gasteiger partial charge in [-0.15, -0.1) is 0 Å². The zero-order chi connectivity index (χ0) is 19.5. The van der Waals surface area contributed by atoms with Crippen molar-refractivity contribution in [3.05, 3.63) is 41.9 Å². The van der Waals surface area contributed by atoms with Crippen LogP contribution in [0.1, 0.15) is 50.2 Å². The SMILES string of the molecule is C=C/N=C(\C/C=N\C)c1ccc(CCCC)c(OCC2CCOCC2)c1F. The van der Waals surface area contributed by atoms with Crippen LogP contribution in [0, 0.1) is 11.7 Å². The highest BCUT2D eigenvalue weighted by atomic mass is 19.1. The van der Waals surface area contributed by atoms with Gasteiger partial charge in [0.2, 0.25) is 0 Å². The first-order chi connectivity index (χ1) is 13.2. The van der Waals surface area contributed by atoms with Crippen molar-refractivity contribution in [2.45, 2.75) is 45.4 Å². The Kier molecular flexibility index (Phi) is 9.19. The van der Waals surface area contributed by atoms with E-state index in [0.717, 1.165) is 50.9 Å². The summed E-state index contributed by atoms with van der Waals surface area (Å²) in [4.78, 5) is 8.24. The second kappa shape index (κ2) is 11.7. The van der Waals surface area contributed by atoms with Gasteiger partial charge < -0.3 is 14.5 Å². The van der Waals surface area contributed by atoms with Crippen LogP contribution in [0.3, 0.4) is 0 Å². The van der Waals surface area contributed by atoms with Crippen molar-refractivity contribution < 1.29 is 13.9 Å². The third kappa shape index (κ3) is 6.28. The van der Waals surface area contributed by atoms with E-state index >= 15 is 4.39 Å². The number of benzene rings is 1. The minimum Gasteiger partial charge on any atom is -0.490 e. The van der Waals surface area contributed by atoms with Crippen molar-refractivity contribution in [1.82, 2.24) is 0 Å². The van der Waals surface area contributed by atoms with Crippen LogP contribution >= 0.6 is 0 Å². The van der Waals surface area contributed by atoms with Gasteiger partial charge in [-0.05, 0) is 43.2 Å². The molecule has 1 saturated heterocycles. The fourth-order valence-electron chi connectivity index (χ4n) is 3.17. The molecule has 0 unspecified atom stereocenters. The second-order valence-corrected chi connectivity index (χ2v) is 6.79. The van der Waals surface area contributed by atoms with Crippen molar-refractivity contribution >= 4 is 11.9 Å². The van der Waals surface area contributed by atoms with Crippen molar-refractivity contribution in [3.63, 3.8) is 0 Å². The van der Waals surface area contributed by atoms with Gasteiger partial charge in [0.1, 0.15) is 0 Å². The van der Waals surface area contributed by atoms with Gasteiger partial charge in [0, 0.05) is 44.7 Å². The minimum absolute atomic E-state index is 0.333. The first-order valence-corrected chi connectivity index (χ1v) is 9.81. The van der Waals surface area contributed by atoms with E-state index in [1.54, 1.807) is 19.3 Å². The summed E-state index contributed by atoms with van der Waals surface area (Å²) >= 11 is 0. The summed E-state index contributed by atoms with van der Waals surface area (Å²) in [6.07, 6.45) is 8.39.